The van der Waals surface area contributed by atoms with E-state index in [2.05, 4.69) is 10.4 Å². The molecule has 0 unspecified atom stereocenters. The lowest BCUT2D eigenvalue weighted by Crippen LogP contribution is -2.40. The Morgan fingerprint density at radius 2 is 2.11 bits per heavy atom. The van der Waals surface area contributed by atoms with Gasteiger partial charge in [0.15, 0.2) is 6.54 Å². The summed E-state index contributed by atoms with van der Waals surface area (Å²) in [5.41, 5.74) is 1.15. The van der Waals surface area contributed by atoms with Gasteiger partial charge < -0.3 is 10.4 Å². The quantitative estimate of drug-likeness (QED) is 0.777. The van der Waals surface area contributed by atoms with Crippen LogP contribution in [0.2, 0.25) is 0 Å². The molecule has 6 nitrogen and oxygen atoms in total. The lowest BCUT2D eigenvalue weighted by molar-refractivity contribution is -0.750. The molecule has 2 aromatic rings. The summed E-state index contributed by atoms with van der Waals surface area (Å²) in [6.07, 6.45) is 1.54. The lowest BCUT2D eigenvalue weighted by Gasteiger charge is -2.03. The molecule has 0 radical (unpaired) electrons. The molecule has 0 saturated carbocycles. The van der Waals surface area contributed by atoms with Gasteiger partial charge in [-0.1, -0.05) is 22.9 Å². The van der Waals surface area contributed by atoms with E-state index < -0.39 is 5.97 Å². The summed E-state index contributed by atoms with van der Waals surface area (Å²) >= 11 is 0. The number of rotatable bonds is 4. The number of aliphatic carboxylic acids is 1. The second-order valence-corrected chi connectivity index (χ2v) is 4.05. The van der Waals surface area contributed by atoms with Crippen molar-refractivity contribution in [2.75, 3.05) is 7.05 Å². The Balaban J connectivity index is 2.50. The normalized spacial score (nSPS) is 10.4. The summed E-state index contributed by atoms with van der Waals surface area (Å²) in [7, 11) is 1.55. The van der Waals surface area contributed by atoms with Crippen LogP contribution in [0.4, 0.5) is 0 Å². The summed E-state index contributed by atoms with van der Waals surface area (Å²) in [6.45, 7) is 0.226. The first kappa shape index (κ1) is 12.9. The largest absolute Gasteiger partial charge is 0.481 e. The number of hydrogen-bond donors (Lipinski definition) is 2. The third kappa shape index (κ3) is 2.85. The van der Waals surface area contributed by atoms with Gasteiger partial charge in [-0.25, -0.2) is 0 Å². The van der Waals surface area contributed by atoms with E-state index in [0.29, 0.717) is 11.1 Å². The van der Waals surface area contributed by atoms with Gasteiger partial charge in [0.2, 0.25) is 6.20 Å². The number of fused-ring (bicyclic) bond motifs is 1. The molecule has 0 aliphatic carbocycles. The van der Waals surface area contributed by atoms with Crippen LogP contribution in [0.15, 0.2) is 30.5 Å². The first-order valence-corrected chi connectivity index (χ1v) is 5.85. The van der Waals surface area contributed by atoms with Crippen LogP contribution >= 0.6 is 0 Å². The fourth-order valence-electron chi connectivity index (χ4n) is 1.81. The number of nitrogens with one attached hydrogen (secondary N) is 1. The zero-order valence-corrected chi connectivity index (χ0v) is 10.5. The zero-order valence-electron chi connectivity index (χ0n) is 10.5. The first-order valence-electron chi connectivity index (χ1n) is 5.85. The van der Waals surface area contributed by atoms with Crippen molar-refractivity contribution in [1.29, 1.82) is 0 Å². The number of aryl methyl sites for hydroxylation is 1. The zero-order chi connectivity index (χ0) is 13.8. The number of aromatic nitrogens is 2. The van der Waals surface area contributed by atoms with Crippen LogP contribution in [0.25, 0.3) is 10.9 Å². The molecule has 0 spiro atoms. The maximum Gasteiger partial charge on any atom is 0.309 e. The minimum Gasteiger partial charge on any atom is -0.481 e. The molecule has 0 atom stereocenters. The van der Waals surface area contributed by atoms with Crippen LogP contribution in [0.3, 0.4) is 0 Å². The average molecular weight is 260 g/mol. The summed E-state index contributed by atoms with van der Waals surface area (Å²) in [5, 5.41) is 16.3. The molecule has 1 heterocycles. The molecule has 19 heavy (non-hydrogen) atoms. The van der Waals surface area contributed by atoms with E-state index >= 15 is 0 Å². The van der Waals surface area contributed by atoms with Crippen LogP contribution in [0.5, 0.6) is 0 Å². The van der Waals surface area contributed by atoms with Gasteiger partial charge >= 0.3 is 5.97 Å². The highest BCUT2D eigenvalue weighted by Gasteiger charge is 2.17. The molecule has 98 valence electrons. The maximum absolute atomic E-state index is 11.8. The number of benzene rings is 1. The van der Waals surface area contributed by atoms with Gasteiger partial charge in [0, 0.05) is 17.5 Å². The second-order valence-electron chi connectivity index (χ2n) is 4.05. The summed E-state index contributed by atoms with van der Waals surface area (Å²) < 4.78 is 1.49. The minimum atomic E-state index is -0.899. The summed E-state index contributed by atoms with van der Waals surface area (Å²) in [6, 6.07) is 7.26. The van der Waals surface area contributed by atoms with Crippen LogP contribution in [-0.4, -0.2) is 29.1 Å². The van der Waals surface area contributed by atoms with Gasteiger partial charge in [-0.05, 0) is 6.07 Å². The van der Waals surface area contributed by atoms with E-state index in [0.717, 1.165) is 5.39 Å². The van der Waals surface area contributed by atoms with Gasteiger partial charge in [-0.15, -0.1) is 0 Å². The van der Waals surface area contributed by atoms with Crippen LogP contribution < -0.4 is 10.00 Å². The Bertz CT molecular complexity index is 640. The predicted molar refractivity (Wildman–Crippen MR) is 67.6 cm³/mol. The van der Waals surface area contributed by atoms with Gasteiger partial charge in [0.05, 0.1) is 0 Å². The highest BCUT2D eigenvalue weighted by molar-refractivity contribution is 6.05. The highest BCUT2D eigenvalue weighted by Crippen LogP contribution is 2.14. The second kappa shape index (κ2) is 5.43. The Morgan fingerprint density at radius 3 is 2.79 bits per heavy atom. The Hall–Kier alpha value is -2.50. The SMILES string of the molecule is CNC(=O)c1c[n+](CCC(=O)O)nc2ccccc12. The first-order chi connectivity index (χ1) is 9.11. The van der Waals surface area contributed by atoms with Gasteiger partial charge in [0.25, 0.3) is 5.91 Å². The van der Waals surface area contributed by atoms with Gasteiger partial charge in [0.1, 0.15) is 17.5 Å². The number of nitrogens with zero attached hydrogens (tertiary/aromatic N) is 2. The van der Waals surface area contributed by atoms with Crippen molar-refractivity contribution in [1.82, 2.24) is 10.4 Å². The van der Waals surface area contributed by atoms with Crippen LogP contribution in [-0.2, 0) is 11.3 Å². The smallest absolute Gasteiger partial charge is 0.309 e. The van der Waals surface area contributed by atoms with E-state index in [1.54, 1.807) is 19.3 Å². The van der Waals surface area contributed by atoms with Gasteiger partial charge in [-0.2, -0.15) is 0 Å². The fourth-order valence-corrected chi connectivity index (χ4v) is 1.81. The van der Waals surface area contributed by atoms with E-state index in [-0.39, 0.29) is 18.9 Å². The summed E-state index contributed by atoms with van der Waals surface area (Å²) in [5.74, 6) is -1.12. The third-order valence-corrected chi connectivity index (χ3v) is 2.73. The fraction of sp³-hybridized carbons (Fsp3) is 0.231. The number of hydrogen-bond acceptors (Lipinski definition) is 3. The van der Waals surface area contributed by atoms with Crippen molar-refractivity contribution < 1.29 is 19.4 Å². The number of amides is 1. The molecule has 1 aromatic heterocycles. The van der Waals surface area contributed by atoms with Gasteiger partial charge in [-0.3, -0.25) is 9.59 Å². The van der Waals surface area contributed by atoms with Crippen molar-refractivity contribution >= 4 is 22.8 Å². The molecule has 0 saturated heterocycles. The van der Waals surface area contributed by atoms with Crippen LogP contribution in [0.1, 0.15) is 16.8 Å². The minimum absolute atomic E-state index is 0.0385. The molecule has 2 rings (SSSR count). The summed E-state index contributed by atoms with van der Waals surface area (Å²) in [4.78, 5) is 22.4. The molecular weight excluding hydrogens is 246 g/mol. The van der Waals surface area contributed by atoms with Crippen molar-refractivity contribution in [2.45, 2.75) is 13.0 Å². The predicted octanol–water partition coefficient (Wildman–Crippen LogP) is 0.357. The van der Waals surface area contributed by atoms with E-state index in [1.165, 1.54) is 4.68 Å². The number of carbonyl (C=O) groups excluding carboxylic acids is 1. The Labute approximate surface area is 109 Å². The number of carbonyl (C=O) groups is 2. The number of carboxylic acid groups (broad SMARTS) is 1. The highest BCUT2D eigenvalue weighted by atomic mass is 16.4. The molecule has 0 aliphatic heterocycles. The average Bonchev–Trinajstić information content (AvgIpc) is 2.43. The van der Waals surface area contributed by atoms with E-state index in [4.69, 9.17) is 5.11 Å². The molecule has 2 N–H and O–H groups in total. The van der Waals surface area contributed by atoms with Crippen molar-refractivity contribution in [3.05, 3.63) is 36.0 Å². The lowest BCUT2D eigenvalue weighted by atomic mass is 10.1. The molecule has 1 aromatic carbocycles. The maximum atomic E-state index is 11.8. The molecule has 6 heteroatoms. The molecule has 0 fully saturated rings. The molecule has 0 bridgehead atoms. The van der Waals surface area contributed by atoms with Crippen LogP contribution in [0, 0.1) is 0 Å². The van der Waals surface area contributed by atoms with Crippen molar-refractivity contribution in [2.24, 2.45) is 0 Å². The van der Waals surface area contributed by atoms with Crippen molar-refractivity contribution in [3.8, 4) is 0 Å². The monoisotopic (exact) mass is 260 g/mol. The molecule has 0 aliphatic rings. The van der Waals surface area contributed by atoms with Crippen molar-refractivity contribution in [3.63, 3.8) is 0 Å². The molecular formula is C13H14N3O3+. The Morgan fingerprint density at radius 1 is 1.37 bits per heavy atom. The number of carboxylic acids is 1. The molecule has 1 amide bonds. The topological polar surface area (TPSA) is 83.2 Å². The Kier molecular flexibility index (Phi) is 3.70. The third-order valence-electron chi connectivity index (χ3n) is 2.73. The van der Waals surface area contributed by atoms with E-state index in [1.807, 2.05) is 18.2 Å². The standard InChI is InChI=1S/C13H13N3O3/c1-14-13(19)10-8-16(7-6-12(17)18)15-11-5-3-2-4-9(10)11/h2-5,8H,6-7H2,1H3,(H-,14,17,18,19)/p+1. The van der Waals surface area contributed by atoms with E-state index in [9.17, 15) is 9.59 Å².